The van der Waals surface area contributed by atoms with Crippen molar-refractivity contribution < 1.29 is 9.63 Å². The van der Waals surface area contributed by atoms with Crippen LogP contribution in [0.1, 0.15) is 34.6 Å². The second-order valence-corrected chi connectivity index (χ2v) is 8.19. The minimum Gasteiger partial charge on any atom is -0.323 e. The average molecular weight is 321 g/mol. The summed E-state index contributed by atoms with van der Waals surface area (Å²) >= 11 is 3.82. The molecule has 0 aliphatic rings. The summed E-state index contributed by atoms with van der Waals surface area (Å²) in [4.78, 5) is 15.9. The number of nitrogens with one attached hydrogen (secondary N) is 1. The van der Waals surface area contributed by atoms with Gasteiger partial charge in [0.1, 0.15) is 0 Å². The molecule has 0 aliphatic heterocycles. The van der Waals surface area contributed by atoms with Gasteiger partial charge in [-0.2, -0.15) is 23.5 Å². The molecule has 1 N–H and O–H groups in total. The zero-order valence-electron chi connectivity index (χ0n) is 13.5. The van der Waals surface area contributed by atoms with E-state index in [4.69, 9.17) is 4.84 Å². The van der Waals surface area contributed by atoms with Crippen LogP contribution in [0.5, 0.6) is 0 Å². The van der Waals surface area contributed by atoms with Crippen LogP contribution in [-0.2, 0) is 4.84 Å². The summed E-state index contributed by atoms with van der Waals surface area (Å²) in [5, 5.41) is 6.38. The molecule has 118 valence electrons. The van der Waals surface area contributed by atoms with Crippen molar-refractivity contribution in [2.75, 3.05) is 30.1 Å². The number of hydrogen-bond donors (Lipinski definition) is 1. The first kappa shape index (κ1) is 19.6. The second kappa shape index (κ2) is 10.4. The Balaban J connectivity index is 4.10. The maximum Gasteiger partial charge on any atom is 0.433 e. The normalized spacial score (nSPS) is 12.7. The molecule has 0 heterocycles. The van der Waals surface area contributed by atoms with Crippen LogP contribution < -0.4 is 5.32 Å². The van der Waals surface area contributed by atoms with Crippen LogP contribution in [0, 0.1) is 11.3 Å². The molecule has 0 aromatic rings. The summed E-state index contributed by atoms with van der Waals surface area (Å²) < 4.78 is 0. The van der Waals surface area contributed by atoms with Crippen LogP contribution in [0.4, 0.5) is 4.79 Å². The van der Waals surface area contributed by atoms with E-state index in [0.717, 1.165) is 28.9 Å². The molecule has 4 nitrogen and oxygen atoms in total. The fourth-order valence-corrected chi connectivity index (χ4v) is 3.53. The Morgan fingerprint density at radius 2 is 1.85 bits per heavy atom. The molecule has 6 heteroatoms. The fraction of sp³-hybridized carbons (Fsp3) is 0.857. The van der Waals surface area contributed by atoms with E-state index < -0.39 is 6.09 Å². The first-order valence-corrected chi connectivity index (χ1v) is 9.20. The van der Waals surface area contributed by atoms with Gasteiger partial charge in [-0.15, -0.1) is 0 Å². The Morgan fingerprint density at radius 3 is 2.35 bits per heavy atom. The molecular formula is C14H28N2O2S2. The Kier molecular flexibility index (Phi) is 10.2. The summed E-state index contributed by atoms with van der Waals surface area (Å²) in [7, 11) is 1.52. The Bertz CT molecular complexity index is 313. The fourth-order valence-electron chi connectivity index (χ4n) is 1.13. The van der Waals surface area contributed by atoms with Gasteiger partial charge in [-0.25, -0.2) is 4.79 Å². The number of rotatable bonds is 8. The third-order valence-electron chi connectivity index (χ3n) is 2.37. The number of oxime groups is 1. The van der Waals surface area contributed by atoms with Crippen LogP contribution in [0.3, 0.4) is 0 Å². The lowest BCUT2D eigenvalue weighted by Crippen LogP contribution is -2.25. The topological polar surface area (TPSA) is 50.7 Å². The Morgan fingerprint density at radius 1 is 1.25 bits per heavy atom. The molecule has 0 atom stereocenters. The minimum absolute atomic E-state index is 0.0912. The molecule has 0 aromatic heterocycles. The third kappa shape index (κ3) is 10.4. The van der Waals surface area contributed by atoms with Crippen molar-refractivity contribution >= 4 is 35.3 Å². The van der Waals surface area contributed by atoms with E-state index in [-0.39, 0.29) is 5.41 Å². The molecule has 0 saturated heterocycles. The second-order valence-electron chi connectivity index (χ2n) is 5.94. The number of thioether (sulfide) groups is 2. The molecule has 0 spiro atoms. The third-order valence-corrected chi connectivity index (χ3v) is 4.99. The van der Waals surface area contributed by atoms with E-state index in [1.54, 1.807) is 0 Å². The number of amides is 1. The van der Waals surface area contributed by atoms with Crippen LogP contribution in [0.2, 0.25) is 0 Å². The maximum absolute atomic E-state index is 11.1. The van der Waals surface area contributed by atoms with Crippen LogP contribution in [-0.4, -0.2) is 41.9 Å². The quantitative estimate of drug-likeness (QED) is 0.319. The van der Waals surface area contributed by atoms with Crippen molar-refractivity contribution in [3.8, 4) is 0 Å². The van der Waals surface area contributed by atoms with Crippen molar-refractivity contribution in [2.45, 2.75) is 34.6 Å². The average Bonchev–Trinajstić information content (AvgIpc) is 2.34. The van der Waals surface area contributed by atoms with Crippen molar-refractivity contribution in [1.29, 1.82) is 0 Å². The largest absolute Gasteiger partial charge is 0.433 e. The van der Waals surface area contributed by atoms with E-state index in [2.05, 4.69) is 45.1 Å². The molecule has 0 bridgehead atoms. The van der Waals surface area contributed by atoms with E-state index in [1.165, 1.54) is 12.8 Å². The van der Waals surface area contributed by atoms with E-state index in [0.29, 0.717) is 0 Å². The van der Waals surface area contributed by atoms with Crippen molar-refractivity contribution in [2.24, 2.45) is 16.5 Å². The summed E-state index contributed by atoms with van der Waals surface area (Å²) in [5.41, 5.74) is 0.812. The molecule has 0 aliphatic carbocycles. The zero-order chi connectivity index (χ0) is 15.6. The standard InChI is InChI=1S/C14H28N2O2S2/c1-11(2)9-19-7-8-20-10-12(14(3,4)5)16-18-13(17)15-6/h11H,7-10H2,1-6H3,(H,15,17). The highest BCUT2D eigenvalue weighted by Crippen LogP contribution is 2.20. The van der Waals surface area contributed by atoms with Crippen molar-refractivity contribution in [3.05, 3.63) is 0 Å². The molecule has 0 fully saturated rings. The SMILES string of the molecule is CNC(=O)ON=C(CSCCSCC(C)C)C(C)(C)C. The number of carbonyl (C=O) groups excluding carboxylic acids is 1. The lowest BCUT2D eigenvalue weighted by atomic mass is 9.91. The first-order valence-electron chi connectivity index (χ1n) is 6.89. The molecule has 0 saturated carbocycles. The number of hydrogen-bond acceptors (Lipinski definition) is 5. The van der Waals surface area contributed by atoms with E-state index in [9.17, 15) is 4.79 Å². The molecule has 0 aromatic carbocycles. The van der Waals surface area contributed by atoms with Gasteiger partial charge in [0, 0.05) is 29.7 Å². The van der Waals surface area contributed by atoms with Crippen LogP contribution in [0.25, 0.3) is 0 Å². The van der Waals surface area contributed by atoms with Gasteiger partial charge < -0.3 is 5.32 Å². The summed E-state index contributed by atoms with van der Waals surface area (Å²) in [6.45, 7) is 10.7. The molecule has 0 rings (SSSR count). The highest BCUT2D eigenvalue weighted by molar-refractivity contribution is 8.03. The summed E-state index contributed by atoms with van der Waals surface area (Å²) in [6.07, 6.45) is -0.524. The van der Waals surface area contributed by atoms with Gasteiger partial charge in [0.05, 0.1) is 5.71 Å². The van der Waals surface area contributed by atoms with Gasteiger partial charge in [0.25, 0.3) is 0 Å². The summed E-state index contributed by atoms with van der Waals surface area (Å²) in [6, 6.07) is 0. The van der Waals surface area contributed by atoms with Gasteiger partial charge in [0.2, 0.25) is 0 Å². The molecule has 0 unspecified atom stereocenters. The Labute approximate surface area is 131 Å². The van der Waals surface area contributed by atoms with Crippen molar-refractivity contribution in [1.82, 2.24) is 5.32 Å². The molecule has 1 amide bonds. The smallest absolute Gasteiger partial charge is 0.323 e. The lowest BCUT2D eigenvalue weighted by Gasteiger charge is -2.20. The van der Waals surface area contributed by atoms with E-state index >= 15 is 0 Å². The molecule has 20 heavy (non-hydrogen) atoms. The summed E-state index contributed by atoms with van der Waals surface area (Å²) in [5.74, 6) is 4.99. The van der Waals surface area contributed by atoms with Crippen LogP contribution >= 0.6 is 23.5 Å². The first-order chi connectivity index (χ1) is 9.27. The van der Waals surface area contributed by atoms with Gasteiger partial charge >= 0.3 is 6.09 Å². The Hall–Kier alpha value is -0.360. The molecule has 0 radical (unpaired) electrons. The van der Waals surface area contributed by atoms with Gasteiger partial charge in [-0.05, 0) is 11.7 Å². The molecular weight excluding hydrogens is 292 g/mol. The maximum atomic E-state index is 11.1. The van der Waals surface area contributed by atoms with Gasteiger partial charge in [-0.1, -0.05) is 39.8 Å². The lowest BCUT2D eigenvalue weighted by molar-refractivity contribution is 0.152. The zero-order valence-corrected chi connectivity index (χ0v) is 15.1. The number of nitrogens with zero attached hydrogens (tertiary/aromatic N) is 1. The minimum atomic E-state index is -0.524. The highest BCUT2D eigenvalue weighted by atomic mass is 32.2. The van der Waals surface area contributed by atoms with Crippen molar-refractivity contribution in [3.63, 3.8) is 0 Å². The van der Waals surface area contributed by atoms with Gasteiger partial charge in [0.15, 0.2) is 0 Å². The number of carbonyl (C=O) groups is 1. The van der Waals surface area contributed by atoms with Crippen LogP contribution in [0.15, 0.2) is 5.16 Å². The van der Waals surface area contributed by atoms with Gasteiger partial charge in [-0.3, -0.25) is 4.84 Å². The predicted molar refractivity (Wildman–Crippen MR) is 91.9 cm³/mol. The predicted octanol–water partition coefficient (Wildman–Crippen LogP) is 3.87. The monoisotopic (exact) mass is 320 g/mol. The highest BCUT2D eigenvalue weighted by Gasteiger charge is 2.20. The van der Waals surface area contributed by atoms with E-state index in [1.807, 2.05) is 23.5 Å².